The molecule has 1 saturated heterocycles. The van der Waals surface area contributed by atoms with E-state index in [4.69, 9.17) is 9.47 Å². The fourth-order valence-electron chi connectivity index (χ4n) is 3.64. The lowest BCUT2D eigenvalue weighted by Crippen LogP contribution is -2.38. The highest BCUT2D eigenvalue weighted by molar-refractivity contribution is 14.1. The first-order chi connectivity index (χ1) is 12.6. The van der Waals surface area contributed by atoms with Gasteiger partial charge in [0, 0.05) is 33.9 Å². The van der Waals surface area contributed by atoms with Crippen LogP contribution in [0.5, 0.6) is 0 Å². The zero-order valence-corrected chi connectivity index (χ0v) is 19.4. The molecule has 26 heavy (non-hydrogen) atoms. The minimum Gasteiger partial charge on any atom is -0.464 e. The van der Waals surface area contributed by atoms with Crippen LogP contribution in [0.3, 0.4) is 0 Å². The van der Waals surface area contributed by atoms with Crippen molar-refractivity contribution in [2.45, 2.75) is 39.5 Å². The Morgan fingerprint density at radius 3 is 2.54 bits per heavy atom. The Balaban J connectivity index is 1.37. The number of morpholine rings is 1. The average Bonchev–Trinajstić information content (AvgIpc) is 2.99. The van der Waals surface area contributed by atoms with Gasteiger partial charge in [-0.1, -0.05) is 69.4 Å². The largest absolute Gasteiger partial charge is 0.464 e. The van der Waals surface area contributed by atoms with E-state index in [-0.39, 0.29) is 5.97 Å². The number of hydrogen-bond acceptors (Lipinski definition) is 4. The van der Waals surface area contributed by atoms with Crippen molar-refractivity contribution in [1.82, 2.24) is 4.90 Å². The lowest BCUT2D eigenvalue weighted by Gasteiger charge is -2.26. The molecule has 2 aliphatic rings. The van der Waals surface area contributed by atoms with Crippen LogP contribution in [0.4, 0.5) is 0 Å². The van der Waals surface area contributed by atoms with E-state index in [0.717, 1.165) is 47.1 Å². The summed E-state index contributed by atoms with van der Waals surface area (Å²) in [7, 11) is 0. The van der Waals surface area contributed by atoms with Gasteiger partial charge >= 0.3 is 5.97 Å². The monoisotopic (exact) mass is 583 g/mol. The number of ether oxygens (including phenoxy) is 2. The van der Waals surface area contributed by atoms with Crippen molar-refractivity contribution in [2.75, 3.05) is 39.5 Å². The molecule has 0 aromatic heterocycles. The van der Waals surface area contributed by atoms with Crippen molar-refractivity contribution in [3.63, 3.8) is 0 Å². The molecule has 2 fully saturated rings. The summed E-state index contributed by atoms with van der Waals surface area (Å²) in [5.41, 5.74) is 2.66. The molecule has 1 heterocycles. The van der Waals surface area contributed by atoms with Crippen molar-refractivity contribution in [3.05, 3.63) is 35.4 Å². The third-order valence-corrected chi connectivity index (χ3v) is 7.62. The summed E-state index contributed by atoms with van der Waals surface area (Å²) in [4.78, 5) is 14.2. The maximum absolute atomic E-state index is 11.9. The summed E-state index contributed by atoms with van der Waals surface area (Å²) in [5, 5.41) is 0. The molecule has 3 atom stereocenters. The number of rotatable bonds is 7. The van der Waals surface area contributed by atoms with Gasteiger partial charge in [-0.3, -0.25) is 9.69 Å². The van der Waals surface area contributed by atoms with Crippen LogP contribution in [0.2, 0.25) is 0 Å². The Kier molecular flexibility index (Phi) is 8.45. The highest BCUT2D eigenvalue weighted by Crippen LogP contribution is 2.42. The number of halogens is 2. The normalized spacial score (nSPS) is 26.8. The smallest absolute Gasteiger partial charge is 0.306 e. The maximum Gasteiger partial charge on any atom is 0.306 e. The number of alkyl halides is 2. The molecule has 0 bridgehead atoms. The number of carbonyl (C=O) groups is 1. The van der Waals surface area contributed by atoms with Crippen molar-refractivity contribution in [2.24, 2.45) is 0 Å². The molecule has 6 heteroatoms. The van der Waals surface area contributed by atoms with E-state index in [1.165, 1.54) is 24.0 Å². The molecule has 1 aliphatic carbocycles. The van der Waals surface area contributed by atoms with Gasteiger partial charge in [-0.05, 0) is 36.3 Å². The zero-order valence-electron chi connectivity index (χ0n) is 15.0. The second kappa shape index (κ2) is 10.6. The van der Waals surface area contributed by atoms with E-state index >= 15 is 0 Å². The topological polar surface area (TPSA) is 38.8 Å². The van der Waals surface area contributed by atoms with Crippen molar-refractivity contribution in [3.8, 4) is 0 Å². The quantitative estimate of drug-likeness (QED) is 0.277. The van der Waals surface area contributed by atoms with E-state index in [0.29, 0.717) is 18.9 Å². The van der Waals surface area contributed by atoms with Crippen LogP contribution in [0.15, 0.2) is 24.3 Å². The SMILES string of the molecule is O=C(CCc1ccc([C@@H]2CC(I)CC2I)cc1)OCCN1CCOCC1. The molecule has 1 saturated carbocycles. The minimum atomic E-state index is -0.0989. The van der Waals surface area contributed by atoms with E-state index < -0.39 is 0 Å². The van der Waals surface area contributed by atoms with Gasteiger partial charge in [0.15, 0.2) is 0 Å². The molecule has 3 rings (SSSR count). The fraction of sp³-hybridized carbons (Fsp3) is 0.650. The molecule has 4 nitrogen and oxygen atoms in total. The van der Waals surface area contributed by atoms with Crippen LogP contribution in [0.1, 0.15) is 36.3 Å². The molecule has 144 valence electrons. The lowest BCUT2D eigenvalue weighted by molar-refractivity contribution is -0.144. The Labute approximate surface area is 183 Å². The highest BCUT2D eigenvalue weighted by atomic mass is 127. The van der Waals surface area contributed by atoms with Gasteiger partial charge in [0.1, 0.15) is 6.61 Å². The summed E-state index contributed by atoms with van der Waals surface area (Å²) in [5.74, 6) is 0.579. The number of benzene rings is 1. The molecule has 0 N–H and O–H groups in total. The molecular formula is C20H27I2NO3. The van der Waals surface area contributed by atoms with Gasteiger partial charge in [-0.25, -0.2) is 0 Å². The minimum absolute atomic E-state index is 0.0989. The van der Waals surface area contributed by atoms with Crippen LogP contribution < -0.4 is 0 Å². The number of carbonyl (C=O) groups excluding carboxylic acids is 1. The molecule has 1 aromatic carbocycles. The van der Waals surface area contributed by atoms with E-state index in [1.54, 1.807) is 0 Å². The van der Waals surface area contributed by atoms with E-state index in [1.807, 2.05) is 0 Å². The van der Waals surface area contributed by atoms with Crippen LogP contribution in [0, 0.1) is 0 Å². The lowest BCUT2D eigenvalue weighted by atomic mass is 9.96. The summed E-state index contributed by atoms with van der Waals surface area (Å²) >= 11 is 5.17. The maximum atomic E-state index is 11.9. The third kappa shape index (κ3) is 6.31. The zero-order chi connectivity index (χ0) is 18.4. The number of hydrogen-bond donors (Lipinski definition) is 0. The van der Waals surface area contributed by atoms with Crippen molar-refractivity contribution >= 4 is 51.2 Å². The van der Waals surface area contributed by atoms with Gasteiger partial charge in [0.05, 0.1) is 13.2 Å². The Morgan fingerprint density at radius 1 is 1.15 bits per heavy atom. The van der Waals surface area contributed by atoms with Crippen LogP contribution >= 0.6 is 45.2 Å². The first-order valence-corrected chi connectivity index (χ1v) is 11.9. The Bertz CT molecular complexity index is 575. The molecule has 1 aromatic rings. The number of nitrogens with zero attached hydrogens (tertiary/aromatic N) is 1. The summed E-state index contributed by atoms with van der Waals surface area (Å²) in [6.45, 7) is 4.71. The molecule has 0 spiro atoms. The van der Waals surface area contributed by atoms with Gasteiger partial charge in [0.25, 0.3) is 0 Å². The molecule has 1 aliphatic heterocycles. The fourth-order valence-corrected chi connectivity index (χ4v) is 7.03. The highest BCUT2D eigenvalue weighted by Gasteiger charge is 2.31. The van der Waals surface area contributed by atoms with Gasteiger partial charge in [-0.15, -0.1) is 0 Å². The Morgan fingerprint density at radius 2 is 1.88 bits per heavy atom. The summed E-state index contributed by atoms with van der Waals surface area (Å²) < 4.78 is 12.2. The van der Waals surface area contributed by atoms with E-state index in [9.17, 15) is 4.79 Å². The van der Waals surface area contributed by atoms with Crippen LogP contribution in [-0.4, -0.2) is 58.2 Å². The number of esters is 1. The van der Waals surface area contributed by atoms with Gasteiger partial charge in [0.2, 0.25) is 0 Å². The summed E-state index contributed by atoms with van der Waals surface area (Å²) in [6, 6.07) is 8.87. The number of aryl methyl sites for hydroxylation is 1. The van der Waals surface area contributed by atoms with Crippen LogP contribution in [-0.2, 0) is 20.7 Å². The van der Waals surface area contributed by atoms with Crippen LogP contribution in [0.25, 0.3) is 0 Å². The second-order valence-corrected chi connectivity index (χ2v) is 10.5. The molecule has 0 amide bonds. The first-order valence-electron chi connectivity index (χ1n) is 9.44. The Hall–Kier alpha value is 0.0700. The first kappa shape index (κ1) is 20.8. The van der Waals surface area contributed by atoms with Crippen molar-refractivity contribution in [1.29, 1.82) is 0 Å². The van der Waals surface area contributed by atoms with E-state index in [2.05, 4.69) is 74.3 Å². The molecule has 0 radical (unpaired) electrons. The van der Waals surface area contributed by atoms with Gasteiger partial charge in [-0.2, -0.15) is 0 Å². The molecular weight excluding hydrogens is 556 g/mol. The van der Waals surface area contributed by atoms with Crippen molar-refractivity contribution < 1.29 is 14.3 Å². The predicted octanol–water partition coefficient (Wildman–Crippen LogP) is 3.98. The average molecular weight is 583 g/mol. The predicted molar refractivity (Wildman–Crippen MR) is 121 cm³/mol. The standard InChI is InChI=1S/C20H27I2NO3/c21-17-13-18(19(22)14-17)16-4-1-15(2-5-16)3-6-20(24)26-12-9-23-7-10-25-11-8-23/h1-2,4-5,17-19H,3,6-14H2/t17?,18-,19?/m0/s1. The van der Waals surface area contributed by atoms with Gasteiger partial charge < -0.3 is 9.47 Å². The summed E-state index contributed by atoms with van der Waals surface area (Å²) in [6.07, 6.45) is 3.80. The molecule has 2 unspecified atom stereocenters. The second-order valence-electron chi connectivity index (χ2n) is 7.11. The third-order valence-electron chi connectivity index (χ3n) is 5.23.